The normalized spacial score (nSPS) is 10.4. The summed E-state index contributed by atoms with van der Waals surface area (Å²) in [7, 11) is 1.79. The quantitative estimate of drug-likeness (QED) is 0.781. The second-order valence-electron chi connectivity index (χ2n) is 2.96. The molecule has 0 atom stereocenters. The molecule has 1 aromatic carbocycles. The monoisotopic (exact) mass is 269 g/mol. The number of hydrogen-bond donors (Lipinski definition) is 0. The van der Waals surface area contributed by atoms with Crippen molar-refractivity contribution in [3.63, 3.8) is 0 Å². The lowest BCUT2D eigenvalue weighted by Gasteiger charge is -2.01. The highest BCUT2D eigenvalue weighted by molar-refractivity contribution is 9.10. The molecule has 0 saturated heterocycles. The van der Waals surface area contributed by atoms with Gasteiger partial charge in [-0.05, 0) is 12.1 Å². The van der Waals surface area contributed by atoms with E-state index in [-0.39, 0.29) is 4.87 Å². The van der Waals surface area contributed by atoms with Crippen LogP contribution in [0.5, 0.6) is 0 Å². The van der Waals surface area contributed by atoms with Crippen molar-refractivity contribution in [1.82, 2.24) is 4.57 Å². The largest absolute Gasteiger partial charge is 0.307 e. The molecule has 0 fully saturated rings. The van der Waals surface area contributed by atoms with E-state index in [1.165, 1.54) is 11.3 Å². The van der Waals surface area contributed by atoms with Crippen LogP contribution in [0, 0.1) is 0 Å². The molecule has 4 heteroatoms. The van der Waals surface area contributed by atoms with Crippen LogP contribution in [0.15, 0.2) is 38.9 Å². The molecule has 2 rings (SSSR count). The average molecular weight is 270 g/mol. The van der Waals surface area contributed by atoms with E-state index in [2.05, 4.69) is 15.9 Å². The van der Waals surface area contributed by atoms with Crippen LogP contribution in [0.1, 0.15) is 0 Å². The summed E-state index contributed by atoms with van der Waals surface area (Å²) >= 11 is 4.63. The molecule has 0 aliphatic heterocycles. The first-order chi connectivity index (χ1) is 6.68. The Kier molecular flexibility index (Phi) is 2.56. The van der Waals surface area contributed by atoms with Crippen LogP contribution < -0.4 is 4.87 Å². The van der Waals surface area contributed by atoms with E-state index < -0.39 is 0 Å². The van der Waals surface area contributed by atoms with Crippen LogP contribution in [-0.2, 0) is 7.05 Å². The van der Waals surface area contributed by atoms with Gasteiger partial charge in [-0.25, -0.2) is 0 Å². The van der Waals surface area contributed by atoms with Gasteiger partial charge in [0.15, 0.2) is 0 Å². The lowest BCUT2D eigenvalue weighted by Crippen LogP contribution is -2.08. The maximum atomic E-state index is 11.3. The number of aromatic nitrogens is 1. The van der Waals surface area contributed by atoms with Crippen molar-refractivity contribution in [3.8, 4) is 11.3 Å². The van der Waals surface area contributed by atoms with Crippen molar-refractivity contribution in [2.75, 3.05) is 0 Å². The van der Waals surface area contributed by atoms with Crippen molar-refractivity contribution in [2.45, 2.75) is 0 Å². The van der Waals surface area contributed by atoms with E-state index in [1.807, 2.05) is 29.6 Å². The van der Waals surface area contributed by atoms with Crippen LogP contribution in [0.4, 0.5) is 0 Å². The fourth-order valence-electron chi connectivity index (χ4n) is 1.27. The van der Waals surface area contributed by atoms with Gasteiger partial charge in [0.25, 0.3) is 0 Å². The van der Waals surface area contributed by atoms with E-state index in [0.29, 0.717) is 0 Å². The molecule has 2 nitrogen and oxygen atoms in total. The smallest absolute Gasteiger partial charge is 0.302 e. The van der Waals surface area contributed by atoms with Crippen LogP contribution in [0.3, 0.4) is 0 Å². The lowest BCUT2D eigenvalue weighted by molar-refractivity contribution is 0.906. The first-order valence-corrected chi connectivity index (χ1v) is 5.76. The first kappa shape index (κ1) is 9.68. The standard InChI is InChI=1S/C10H8BrNOS/c1-12-9(6-14-10(12)13)7-3-2-4-8(11)5-7/h2-6H,1H3. The number of halogens is 1. The first-order valence-electron chi connectivity index (χ1n) is 4.09. The molecule has 1 heterocycles. The summed E-state index contributed by atoms with van der Waals surface area (Å²) in [4.78, 5) is 11.3. The van der Waals surface area contributed by atoms with E-state index in [4.69, 9.17) is 0 Å². The van der Waals surface area contributed by atoms with Crippen molar-refractivity contribution in [3.05, 3.63) is 43.8 Å². The number of nitrogens with zero attached hydrogens (tertiary/aromatic N) is 1. The zero-order valence-corrected chi connectivity index (χ0v) is 9.93. The molecular formula is C10H8BrNOS. The summed E-state index contributed by atoms with van der Waals surface area (Å²) in [6.45, 7) is 0. The molecule has 0 saturated carbocycles. The summed E-state index contributed by atoms with van der Waals surface area (Å²) in [5.74, 6) is 0. The summed E-state index contributed by atoms with van der Waals surface area (Å²) in [6, 6.07) is 7.92. The van der Waals surface area contributed by atoms with Gasteiger partial charge >= 0.3 is 4.87 Å². The minimum absolute atomic E-state index is 0.0694. The minimum Gasteiger partial charge on any atom is -0.302 e. The van der Waals surface area contributed by atoms with Crippen molar-refractivity contribution in [2.24, 2.45) is 7.05 Å². The summed E-state index contributed by atoms with van der Waals surface area (Å²) in [6.07, 6.45) is 0. The predicted molar refractivity (Wildman–Crippen MR) is 62.7 cm³/mol. The van der Waals surface area contributed by atoms with E-state index in [1.54, 1.807) is 11.6 Å². The number of thiazole rings is 1. The van der Waals surface area contributed by atoms with E-state index in [0.717, 1.165) is 15.7 Å². The molecule has 2 aromatic rings. The van der Waals surface area contributed by atoms with Gasteiger partial charge in [-0.15, -0.1) is 0 Å². The molecule has 0 aliphatic carbocycles. The van der Waals surface area contributed by atoms with Gasteiger partial charge in [0.1, 0.15) is 0 Å². The predicted octanol–water partition coefficient (Wildman–Crippen LogP) is 2.88. The lowest BCUT2D eigenvalue weighted by atomic mass is 10.2. The Morgan fingerprint density at radius 2 is 2.21 bits per heavy atom. The average Bonchev–Trinajstić information content (AvgIpc) is 2.48. The second kappa shape index (κ2) is 3.71. The Hall–Kier alpha value is -0.870. The topological polar surface area (TPSA) is 22.0 Å². The Labute approximate surface area is 94.0 Å². The molecule has 0 unspecified atom stereocenters. The van der Waals surface area contributed by atoms with Crippen LogP contribution in [0.25, 0.3) is 11.3 Å². The fourth-order valence-corrected chi connectivity index (χ4v) is 2.43. The maximum absolute atomic E-state index is 11.3. The Balaban J connectivity index is 2.60. The summed E-state index contributed by atoms with van der Waals surface area (Å²) in [5.41, 5.74) is 2.02. The zero-order valence-electron chi connectivity index (χ0n) is 7.53. The van der Waals surface area contributed by atoms with Crippen LogP contribution in [0.2, 0.25) is 0 Å². The van der Waals surface area contributed by atoms with E-state index >= 15 is 0 Å². The van der Waals surface area contributed by atoms with Crippen molar-refractivity contribution < 1.29 is 0 Å². The van der Waals surface area contributed by atoms with Gasteiger partial charge in [0.05, 0.1) is 5.69 Å². The van der Waals surface area contributed by atoms with Crippen molar-refractivity contribution in [1.29, 1.82) is 0 Å². The molecule has 0 N–H and O–H groups in total. The van der Waals surface area contributed by atoms with Crippen LogP contribution >= 0.6 is 27.3 Å². The molecule has 14 heavy (non-hydrogen) atoms. The fraction of sp³-hybridized carbons (Fsp3) is 0.100. The summed E-state index contributed by atoms with van der Waals surface area (Å²) in [5, 5.41) is 1.88. The SMILES string of the molecule is Cn1c(-c2cccc(Br)c2)csc1=O. The molecule has 72 valence electrons. The van der Waals surface area contributed by atoms with Crippen LogP contribution in [-0.4, -0.2) is 4.57 Å². The third-order valence-corrected chi connectivity index (χ3v) is 3.34. The van der Waals surface area contributed by atoms with Gasteiger partial charge in [-0.3, -0.25) is 4.79 Å². The second-order valence-corrected chi connectivity index (χ2v) is 4.69. The highest BCUT2D eigenvalue weighted by Gasteiger charge is 2.04. The number of hydrogen-bond acceptors (Lipinski definition) is 2. The third-order valence-electron chi connectivity index (χ3n) is 2.03. The molecule has 0 bridgehead atoms. The summed E-state index contributed by atoms with van der Waals surface area (Å²) < 4.78 is 2.68. The molecule has 0 radical (unpaired) electrons. The van der Waals surface area contributed by atoms with Crippen molar-refractivity contribution >= 4 is 27.3 Å². The minimum atomic E-state index is 0.0694. The zero-order chi connectivity index (χ0) is 10.1. The van der Waals surface area contributed by atoms with Gasteiger partial charge in [-0.1, -0.05) is 39.4 Å². The number of benzene rings is 1. The molecular weight excluding hydrogens is 262 g/mol. The molecule has 1 aromatic heterocycles. The Bertz CT molecular complexity index is 515. The molecule has 0 aliphatic rings. The van der Waals surface area contributed by atoms with Gasteiger partial charge in [-0.2, -0.15) is 0 Å². The maximum Gasteiger partial charge on any atom is 0.307 e. The van der Waals surface area contributed by atoms with Gasteiger partial charge in [0.2, 0.25) is 0 Å². The third kappa shape index (κ3) is 1.67. The highest BCUT2D eigenvalue weighted by Crippen LogP contribution is 2.22. The number of rotatable bonds is 1. The van der Waals surface area contributed by atoms with E-state index in [9.17, 15) is 4.79 Å². The van der Waals surface area contributed by atoms with Gasteiger partial charge in [0, 0.05) is 22.5 Å². The Morgan fingerprint density at radius 3 is 2.79 bits per heavy atom. The highest BCUT2D eigenvalue weighted by atomic mass is 79.9. The van der Waals surface area contributed by atoms with Gasteiger partial charge < -0.3 is 4.57 Å². The molecule has 0 spiro atoms. The molecule has 0 amide bonds. The Morgan fingerprint density at radius 1 is 1.43 bits per heavy atom.